The Hall–Kier alpha value is -2.56. The quantitative estimate of drug-likeness (QED) is 0.763. The van der Waals surface area contributed by atoms with Gasteiger partial charge in [0.2, 0.25) is 0 Å². The number of carbonyl (C=O) groups excluding carboxylic acids is 1. The molecular weight excluding hydrogens is 285 g/mol. The van der Waals surface area contributed by atoms with Crippen molar-refractivity contribution in [2.24, 2.45) is 0 Å². The zero-order valence-electron chi connectivity index (χ0n) is 12.1. The lowest BCUT2D eigenvalue weighted by atomic mass is 10.3. The van der Waals surface area contributed by atoms with E-state index in [-0.39, 0.29) is 18.3 Å². The van der Waals surface area contributed by atoms with Crippen LogP contribution < -0.4 is 14.8 Å². The molecule has 0 saturated carbocycles. The predicted molar refractivity (Wildman–Crippen MR) is 81.5 cm³/mol. The van der Waals surface area contributed by atoms with Crippen LogP contribution in [0.25, 0.3) is 0 Å². The van der Waals surface area contributed by atoms with Crippen LogP contribution >= 0.6 is 0 Å². The van der Waals surface area contributed by atoms with Crippen molar-refractivity contribution in [1.82, 2.24) is 5.32 Å². The molecule has 0 atom stereocenters. The molecule has 0 radical (unpaired) electrons. The second kappa shape index (κ2) is 8.67. The normalized spacial score (nSPS) is 10.0. The Morgan fingerprint density at radius 2 is 1.73 bits per heavy atom. The van der Waals surface area contributed by atoms with Gasteiger partial charge in [0, 0.05) is 6.54 Å². The molecule has 22 heavy (non-hydrogen) atoms. The van der Waals surface area contributed by atoms with Gasteiger partial charge in [0.1, 0.15) is 5.75 Å². The van der Waals surface area contributed by atoms with Gasteiger partial charge in [-0.2, -0.15) is 0 Å². The lowest BCUT2D eigenvalue weighted by molar-refractivity contribution is -0.123. The molecular formula is C17H18FNO3. The van der Waals surface area contributed by atoms with Crippen LogP contribution in [0.3, 0.4) is 0 Å². The molecule has 2 aromatic carbocycles. The molecule has 5 heteroatoms. The summed E-state index contributed by atoms with van der Waals surface area (Å²) in [6, 6.07) is 15.5. The Kier molecular flexibility index (Phi) is 6.23. The minimum atomic E-state index is -0.480. The van der Waals surface area contributed by atoms with Gasteiger partial charge in [-0.1, -0.05) is 30.3 Å². The second-order valence-corrected chi connectivity index (χ2v) is 4.58. The molecule has 0 aliphatic carbocycles. The SMILES string of the molecule is O=C(COc1ccccc1F)NCCCOc1ccccc1. The Morgan fingerprint density at radius 1 is 1.00 bits per heavy atom. The van der Waals surface area contributed by atoms with E-state index in [1.54, 1.807) is 12.1 Å². The van der Waals surface area contributed by atoms with Crippen LogP contribution in [0.2, 0.25) is 0 Å². The fraction of sp³-hybridized carbons (Fsp3) is 0.235. The van der Waals surface area contributed by atoms with E-state index in [0.29, 0.717) is 19.6 Å². The van der Waals surface area contributed by atoms with Crippen molar-refractivity contribution in [3.8, 4) is 11.5 Å². The summed E-state index contributed by atoms with van der Waals surface area (Å²) < 4.78 is 23.9. The maximum Gasteiger partial charge on any atom is 0.257 e. The number of hydrogen-bond donors (Lipinski definition) is 1. The molecule has 0 aliphatic rings. The summed E-state index contributed by atoms with van der Waals surface area (Å²) in [5, 5.41) is 2.69. The van der Waals surface area contributed by atoms with Crippen LogP contribution in [0.15, 0.2) is 54.6 Å². The van der Waals surface area contributed by atoms with E-state index >= 15 is 0 Å². The highest BCUT2D eigenvalue weighted by atomic mass is 19.1. The van der Waals surface area contributed by atoms with Gasteiger partial charge in [0.25, 0.3) is 5.91 Å². The first-order valence-corrected chi connectivity index (χ1v) is 7.07. The molecule has 0 fully saturated rings. The molecule has 2 rings (SSSR count). The zero-order valence-corrected chi connectivity index (χ0v) is 12.1. The Morgan fingerprint density at radius 3 is 2.50 bits per heavy atom. The summed E-state index contributed by atoms with van der Waals surface area (Å²) >= 11 is 0. The minimum absolute atomic E-state index is 0.0741. The van der Waals surface area contributed by atoms with E-state index in [1.165, 1.54) is 12.1 Å². The highest BCUT2D eigenvalue weighted by Crippen LogP contribution is 2.14. The van der Waals surface area contributed by atoms with E-state index in [2.05, 4.69) is 5.32 Å². The van der Waals surface area contributed by atoms with Gasteiger partial charge in [-0.05, 0) is 30.7 Å². The number of carbonyl (C=O) groups is 1. The predicted octanol–water partition coefficient (Wildman–Crippen LogP) is 2.79. The molecule has 0 aromatic heterocycles. The molecule has 0 aliphatic heterocycles. The van der Waals surface area contributed by atoms with Gasteiger partial charge >= 0.3 is 0 Å². The molecule has 1 N–H and O–H groups in total. The first kappa shape index (κ1) is 15.8. The van der Waals surface area contributed by atoms with Crippen LogP contribution in [0.5, 0.6) is 11.5 Å². The maximum absolute atomic E-state index is 13.3. The summed E-state index contributed by atoms with van der Waals surface area (Å²) in [5.41, 5.74) is 0. The van der Waals surface area contributed by atoms with Crippen molar-refractivity contribution in [2.75, 3.05) is 19.8 Å². The first-order chi connectivity index (χ1) is 10.8. The number of rotatable bonds is 8. The van der Waals surface area contributed by atoms with Crippen molar-refractivity contribution in [2.45, 2.75) is 6.42 Å². The van der Waals surface area contributed by atoms with Gasteiger partial charge in [0.15, 0.2) is 18.2 Å². The molecule has 0 bridgehead atoms. The van der Waals surface area contributed by atoms with Crippen molar-refractivity contribution >= 4 is 5.91 Å². The summed E-state index contributed by atoms with van der Waals surface area (Å²) in [6.07, 6.45) is 0.681. The smallest absolute Gasteiger partial charge is 0.257 e. The number of nitrogens with one attached hydrogen (secondary N) is 1. The molecule has 0 heterocycles. The maximum atomic E-state index is 13.3. The highest BCUT2D eigenvalue weighted by Gasteiger charge is 2.05. The number of halogens is 1. The largest absolute Gasteiger partial charge is 0.494 e. The molecule has 116 valence electrons. The third-order valence-corrected chi connectivity index (χ3v) is 2.85. The topological polar surface area (TPSA) is 47.6 Å². The van der Waals surface area contributed by atoms with E-state index in [9.17, 15) is 9.18 Å². The Labute approximate surface area is 128 Å². The van der Waals surface area contributed by atoms with Crippen LogP contribution in [0.1, 0.15) is 6.42 Å². The fourth-order valence-electron chi connectivity index (χ4n) is 1.76. The Balaban J connectivity index is 1.57. The van der Waals surface area contributed by atoms with Crippen molar-refractivity contribution in [3.63, 3.8) is 0 Å². The van der Waals surface area contributed by atoms with E-state index in [4.69, 9.17) is 9.47 Å². The van der Waals surface area contributed by atoms with Crippen molar-refractivity contribution in [3.05, 3.63) is 60.4 Å². The van der Waals surface area contributed by atoms with Crippen LogP contribution in [-0.2, 0) is 4.79 Å². The third kappa shape index (κ3) is 5.44. The molecule has 1 amide bonds. The van der Waals surface area contributed by atoms with Gasteiger partial charge in [-0.15, -0.1) is 0 Å². The van der Waals surface area contributed by atoms with Crippen LogP contribution in [0, 0.1) is 5.82 Å². The van der Waals surface area contributed by atoms with Gasteiger partial charge < -0.3 is 14.8 Å². The van der Waals surface area contributed by atoms with E-state index in [0.717, 1.165) is 5.75 Å². The average molecular weight is 303 g/mol. The van der Waals surface area contributed by atoms with Crippen LogP contribution in [-0.4, -0.2) is 25.7 Å². The lowest BCUT2D eigenvalue weighted by Crippen LogP contribution is -2.30. The first-order valence-electron chi connectivity index (χ1n) is 7.07. The van der Waals surface area contributed by atoms with Gasteiger partial charge in [0.05, 0.1) is 6.61 Å². The highest BCUT2D eigenvalue weighted by molar-refractivity contribution is 5.77. The summed E-state index contributed by atoms with van der Waals surface area (Å²) in [7, 11) is 0. The molecule has 2 aromatic rings. The number of ether oxygens (including phenoxy) is 2. The number of hydrogen-bond acceptors (Lipinski definition) is 3. The monoisotopic (exact) mass is 303 g/mol. The van der Waals surface area contributed by atoms with Gasteiger partial charge in [-0.25, -0.2) is 4.39 Å². The van der Waals surface area contributed by atoms with Crippen LogP contribution in [0.4, 0.5) is 4.39 Å². The molecule has 0 spiro atoms. The summed E-state index contributed by atoms with van der Waals surface area (Å²) in [6.45, 7) is 0.783. The van der Waals surface area contributed by atoms with E-state index in [1.807, 2.05) is 30.3 Å². The molecule has 0 unspecified atom stereocenters. The lowest BCUT2D eigenvalue weighted by Gasteiger charge is -2.09. The number of amides is 1. The van der Waals surface area contributed by atoms with Gasteiger partial charge in [-0.3, -0.25) is 4.79 Å². The zero-order chi connectivity index (χ0) is 15.6. The molecule has 0 saturated heterocycles. The minimum Gasteiger partial charge on any atom is -0.494 e. The van der Waals surface area contributed by atoms with Crippen molar-refractivity contribution < 1.29 is 18.7 Å². The van der Waals surface area contributed by atoms with E-state index < -0.39 is 5.82 Å². The summed E-state index contributed by atoms with van der Waals surface area (Å²) in [4.78, 5) is 11.6. The number of para-hydroxylation sites is 2. The summed E-state index contributed by atoms with van der Waals surface area (Å²) in [5.74, 6) is 0.108. The molecule has 4 nitrogen and oxygen atoms in total. The number of benzene rings is 2. The Bertz CT molecular complexity index is 589. The standard InChI is InChI=1S/C17H18FNO3/c18-15-9-4-5-10-16(15)22-13-17(20)19-11-6-12-21-14-7-2-1-3-8-14/h1-5,7-10H,6,11-13H2,(H,19,20). The third-order valence-electron chi connectivity index (χ3n) is 2.85. The fourth-order valence-corrected chi connectivity index (χ4v) is 1.76. The van der Waals surface area contributed by atoms with Crippen molar-refractivity contribution in [1.29, 1.82) is 0 Å². The second-order valence-electron chi connectivity index (χ2n) is 4.58. The average Bonchev–Trinajstić information content (AvgIpc) is 2.55.